The summed E-state index contributed by atoms with van der Waals surface area (Å²) in [7, 11) is 0.424. The van der Waals surface area contributed by atoms with Gasteiger partial charge in [-0.05, 0) is 19.0 Å². The van der Waals surface area contributed by atoms with Crippen LogP contribution in [0, 0.1) is 0 Å². The molecule has 0 aliphatic rings. The molecule has 1 N–H and O–H groups in total. The smallest absolute Gasteiger partial charge is 0.300 e. The van der Waals surface area contributed by atoms with Crippen molar-refractivity contribution in [1.29, 1.82) is 0 Å². The van der Waals surface area contributed by atoms with Crippen molar-refractivity contribution in [3.05, 3.63) is 0 Å². The zero-order chi connectivity index (χ0) is 8.57. The molecule has 2 nitrogen and oxygen atoms in total. The molecule has 62 valence electrons. The summed E-state index contributed by atoms with van der Waals surface area (Å²) in [6, 6.07) is 0. The molecule has 0 saturated carbocycles. The van der Waals surface area contributed by atoms with Gasteiger partial charge in [0.1, 0.15) is 0 Å². The van der Waals surface area contributed by atoms with Gasteiger partial charge in [-0.15, -0.1) is 7.92 Å². The van der Waals surface area contributed by atoms with E-state index in [1.807, 2.05) is 0 Å². The molecule has 0 saturated heterocycles. The second-order valence-corrected chi connectivity index (χ2v) is 4.98. The molecule has 3 heteroatoms. The monoisotopic (exact) mass is 164 g/mol. The van der Waals surface area contributed by atoms with E-state index in [1.54, 1.807) is 0 Å². The van der Waals surface area contributed by atoms with E-state index >= 15 is 0 Å². The van der Waals surface area contributed by atoms with Crippen molar-refractivity contribution in [2.45, 2.75) is 20.8 Å². The van der Waals surface area contributed by atoms with E-state index in [2.05, 4.69) is 20.5 Å². The number of rotatable bonds is 2. The lowest BCUT2D eigenvalue weighted by molar-refractivity contribution is -0.134. The maximum Gasteiger partial charge on any atom is 0.300 e. The van der Waals surface area contributed by atoms with Crippen molar-refractivity contribution >= 4 is 13.9 Å². The lowest BCUT2D eigenvalue weighted by Crippen LogP contribution is -1.78. The van der Waals surface area contributed by atoms with E-state index in [1.165, 1.54) is 12.3 Å². The van der Waals surface area contributed by atoms with Gasteiger partial charge in [-0.2, -0.15) is 0 Å². The van der Waals surface area contributed by atoms with Crippen molar-refractivity contribution < 1.29 is 9.90 Å². The first-order valence-electron chi connectivity index (χ1n) is 3.42. The van der Waals surface area contributed by atoms with Gasteiger partial charge in [0.25, 0.3) is 5.97 Å². The Labute approximate surface area is 64.4 Å². The zero-order valence-corrected chi connectivity index (χ0v) is 8.11. The highest BCUT2D eigenvalue weighted by Gasteiger charge is 1.87. The molecule has 10 heavy (non-hydrogen) atoms. The first-order chi connectivity index (χ1) is 4.54. The Hall–Kier alpha value is -0.100. The molecule has 0 fully saturated rings. The van der Waals surface area contributed by atoms with E-state index in [0.29, 0.717) is 7.92 Å². The molecular weight excluding hydrogens is 147 g/mol. The third-order valence-corrected chi connectivity index (χ3v) is 3.24. The lowest BCUT2D eigenvalue weighted by atomic mass is 10.9. The van der Waals surface area contributed by atoms with Crippen LogP contribution in [0.15, 0.2) is 0 Å². The lowest BCUT2D eigenvalue weighted by Gasteiger charge is -2.00. The molecule has 0 aliphatic carbocycles. The molecule has 0 unspecified atom stereocenters. The Balaban J connectivity index is 0. The summed E-state index contributed by atoms with van der Waals surface area (Å²) < 4.78 is 0. The van der Waals surface area contributed by atoms with Gasteiger partial charge in [-0.1, -0.05) is 13.8 Å². The standard InChI is InChI=1S/C5H13P.C2H4O2/c1-4-6(3)5-2;1-2(3)4/h4-5H2,1-3H3;1H3,(H,3,4). The van der Waals surface area contributed by atoms with E-state index in [-0.39, 0.29) is 0 Å². The molecule has 0 rings (SSSR count). The average molecular weight is 164 g/mol. The summed E-state index contributed by atoms with van der Waals surface area (Å²) in [6.45, 7) is 7.94. The number of carboxylic acids is 1. The molecule has 0 aromatic carbocycles. The van der Waals surface area contributed by atoms with Gasteiger partial charge in [0.2, 0.25) is 0 Å². The fourth-order valence-electron chi connectivity index (χ4n) is 0.224. The summed E-state index contributed by atoms with van der Waals surface area (Å²) in [6.07, 6.45) is 2.79. The van der Waals surface area contributed by atoms with Crippen LogP contribution >= 0.6 is 7.92 Å². The van der Waals surface area contributed by atoms with Crippen LogP contribution in [-0.4, -0.2) is 30.1 Å². The van der Waals surface area contributed by atoms with Crippen LogP contribution in [0.5, 0.6) is 0 Å². The van der Waals surface area contributed by atoms with Gasteiger partial charge in [0, 0.05) is 6.92 Å². The number of aliphatic carboxylic acids is 1. The van der Waals surface area contributed by atoms with Gasteiger partial charge >= 0.3 is 0 Å². The number of carboxylic acid groups (broad SMARTS) is 1. The average Bonchev–Trinajstić information content (AvgIpc) is 1.85. The summed E-state index contributed by atoms with van der Waals surface area (Å²) in [5.41, 5.74) is 0. The highest BCUT2D eigenvalue weighted by molar-refractivity contribution is 7.56. The second-order valence-electron chi connectivity index (χ2n) is 2.01. The minimum absolute atomic E-state index is 0.424. The maximum absolute atomic E-state index is 9.00. The molecule has 0 atom stereocenters. The van der Waals surface area contributed by atoms with Gasteiger partial charge < -0.3 is 5.11 Å². The molecular formula is C7H17O2P. The number of hydrogen-bond donors (Lipinski definition) is 1. The molecule has 0 bridgehead atoms. The predicted molar refractivity (Wildman–Crippen MR) is 47.2 cm³/mol. The molecule has 0 aliphatic heterocycles. The van der Waals surface area contributed by atoms with Crippen molar-refractivity contribution in [3.8, 4) is 0 Å². The quantitative estimate of drug-likeness (QED) is 0.635. The Kier molecular flexibility index (Phi) is 11.2. The summed E-state index contributed by atoms with van der Waals surface area (Å²) in [5, 5.41) is 7.42. The highest BCUT2D eigenvalue weighted by atomic mass is 31.1. The fraction of sp³-hybridized carbons (Fsp3) is 0.857. The summed E-state index contributed by atoms with van der Waals surface area (Å²) >= 11 is 0. The predicted octanol–water partition coefficient (Wildman–Crippen LogP) is 2.23. The first kappa shape index (κ1) is 12.6. The van der Waals surface area contributed by atoms with Crippen molar-refractivity contribution in [1.82, 2.24) is 0 Å². The molecule has 0 amide bonds. The minimum atomic E-state index is -0.833. The third kappa shape index (κ3) is 24.7. The van der Waals surface area contributed by atoms with Crippen LogP contribution in [0.2, 0.25) is 0 Å². The molecule has 0 radical (unpaired) electrons. The minimum Gasteiger partial charge on any atom is -0.481 e. The maximum atomic E-state index is 9.00. The van der Waals surface area contributed by atoms with Crippen LogP contribution in [0.25, 0.3) is 0 Å². The molecule has 0 aromatic heterocycles. The van der Waals surface area contributed by atoms with E-state index < -0.39 is 5.97 Å². The Morgan fingerprint density at radius 2 is 1.60 bits per heavy atom. The van der Waals surface area contributed by atoms with E-state index in [0.717, 1.165) is 6.92 Å². The topological polar surface area (TPSA) is 37.3 Å². The fourth-order valence-corrected chi connectivity index (χ4v) is 0.671. The van der Waals surface area contributed by atoms with Crippen LogP contribution in [-0.2, 0) is 4.79 Å². The van der Waals surface area contributed by atoms with Crippen LogP contribution in [0.3, 0.4) is 0 Å². The van der Waals surface area contributed by atoms with E-state index in [9.17, 15) is 0 Å². The third-order valence-electron chi connectivity index (χ3n) is 1.08. The van der Waals surface area contributed by atoms with E-state index in [4.69, 9.17) is 9.90 Å². The highest BCUT2D eigenvalue weighted by Crippen LogP contribution is 2.27. The molecule has 0 aromatic rings. The zero-order valence-electron chi connectivity index (χ0n) is 7.22. The number of carbonyl (C=O) groups is 1. The Morgan fingerprint density at radius 1 is 1.40 bits per heavy atom. The SMILES string of the molecule is CC(=O)O.CCP(C)CC. The summed E-state index contributed by atoms with van der Waals surface area (Å²) in [4.78, 5) is 9.00. The molecule has 0 heterocycles. The number of hydrogen-bond acceptors (Lipinski definition) is 1. The molecule has 0 spiro atoms. The van der Waals surface area contributed by atoms with Crippen LogP contribution in [0.1, 0.15) is 20.8 Å². The van der Waals surface area contributed by atoms with Crippen molar-refractivity contribution in [2.75, 3.05) is 19.0 Å². The van der Waals surface area contributed by atoms with Gasteiger partial charge in [-0.3, -0.25) is 4.79 Å². The Morgan fingerprint density at radius 3 is 1.60 bits per heavy atom. The second kappa shape index (κ2) is 8.90. The summed E-state index contributed by atoms with van der Waals surface area (Å²) in [5.74, 6) is -0.833. The van der Waals surface area contributed by atoms with Crippen LogP contribution in [0.4, 0.5) is 0 Å². The van der Waals surface area contributed by atoms with Gasteiger partial charge in [0.15, 0.2) is 0 Å². The van der Waals surface area contributed by atoms with Gasteiger partial charge in [0.05, 0.1) is 0 Å². The van der Waals surface area contributed by atoms with Gasteiger partial charge in [-0.25, -0.2) is 0 Å². The van der Waals surface area contributed by atoms with Crippen LogP contribution < -0.4 is 0 Å². The largest absolute Gasteiger partial charge is 0.481 e. The first-order valence-corrected chi connectivity index (χ1v) is 5.58. The Bertz CT molecular complexity index is 75.7. The van der Waals surface area contributed by atoms with Crippen molar-refractivity contribution in [2.24, 2.45) is 0 Å². The normalized spacial score (nSPS) is 8.50. The van der Waals surface area contributed by atoms with Crippen molar-refractivity contribution in [3.63, 3.8) is 0 Å².